The number of hydrogen-bond donors (Lipinski definition) is 2. The molecule has 10 rings (SSSR count). The Balaban J connectivity index is 0.000000173. The molecule has 6 saturated heterocycles. The summed E-state index contributed by atoms with van der Waals surface area (Å²) in [6.45, 7) is 15.3. The summed E-state index contributed by atoms with van der Waals surface area (Å²) in [7, 11) is 7.08. The van der Waals surface area contributed by atoms with E-state index in [1.54, 1.807) is 28.4 Å². The van der Waals surface area contributed by atoms with Crippen molar-refractivity contribution >= 4 is 23.7 Å². The third kappa shape index (κ3) is 7.78. The molecular formula is C51H70N4O10. The molecule has 8 aliphatic rings. The van der Waals surface area contributed by atoms with Gasteiger partial charge in [-0.2, -0.15) is 19.2 Å². The van der Waals surface area contributed by atoms with E-state index in [1.807, 2.05) is 12.5 Å². The summed E-state index contributed by atoms with van der Waals surface area (Å²) >= 11 is 0. The second-order valence-electron chi connectivity index (χ2n) is 19.1. The van der Waals surface area contributed by atoms with Crippen LogP contribution in [0.15, 0.2) is 60.1 Å². The van der Waals surface area contributed by atoms with Crippen molar-refractivity contribution in [1.82, 2.24) is 9.80 Å². The normalized spacial score (nSPS) is 35.0. The molecule has 14 nitrogen and oxygen atoms in total. The fourth-order valence-electron chi connectivity index (χ4n) is 14.3. The van der Waals surface area contributed by atoms with Crippen molar-refractivity contribution in [2.24, 2.45) is 23.7 Å². The minimum Gasteiger partial charge on any atom is -0.504 e. The number of methoxy groups -OCH3 is 4. The molecule has 10 atom stereocenters. The van der Waals surface area contributed by atoms with E-state index in [1.165, 1.54) is 46.5 Å². The first-order valence-electron chi connectivity index (χ1n) is 23.6. The molecule has 14 heteroatoms. The maximum absolute atomic E-state index is 8.12. The predicted molar refractivity (Wildman–Crippen MR) is 243 cm³/mol. The van der Waals surface area contributed by atoms with Gasteiger partial charge in [-0.15, -0.1) is 0 Å². The first kappa shape index (κ1) is 48.3. The smallest absolute Gasteiger partial charge is 0.373 e. The monoisotopic (exact) mass is 899 g/mol. The van der Waals surface area contributed by atoms with Gasteiger partial charge in [0.15, 0.2) is 0 Å². The van der Waals surface area contributed by atoms with Gasteiger partial charge in [0.05, 0.1) is 69.8 Å². The first-order valence-corrected chi connectivity index (χ1v) is 23.6. The number of nitrogens with one attached hydrogen (secondary N) is 2. The Bertz CT molecular complexity index is 2120. The fourth-order valence-corrected chi connectivity index (χ4v) is 14.3. The van der Waals surface area contributed by atoms with Crippen LogP contribution in [0, 0.1) is 23.7 Å². The quantitative estimate of drug-likeness (QED) is 0.251. The number of hydrogen-bond acceptors (Lipinski definition) is 14. The fraction of sp³-hybridized carbons (Fsp3) is 0.647. The van der Waals surface area contributed by atoms with E-state index >= 15 is 0 Å². The van der Waals surface area contributed by atoms with Gasteiger partial charge in [-0.05, 0) is 118 Å². The molecule has 2 aromatic rings. The number of piperidine rings is 4. The number of nitrogens with zero attached hydrogens (tertiary/aromatic N) is 2. The highest BCUT2D eigenvalue weighted by molar-refractivity contribution is 5.71. The van der Waals surface area contributed by atoms with Crippen LogP contribution in [0.5, 0.6) is 11.5 Å². The van der Waals surface area contributed by atoms with Crippen LogP contribution in [0.4, 0.5) is 11.4 Å². The number of carbonyl (C=O) groups excluding carboxylic acids is 4. The Hall–Kier alpha value is -4.68. The molecular weight excluding hydrogens is 829 g/mol. The molecule has 2 N–H and O–H groups in total. The van der Waals surface area contributed by atoms with E-state index in [-0.39, 0.29) is 34.6 Å². The van der Waals surface area contributed by atoms with Crippen LogP contribution < -0.4 is 20.1 Å². The molecule has 0 unspecified atom stereocenters. The topological polar surface area (TPSA) is 154 Å². The molecule has 0 aliphatic carbocycles. The van der Waals surface area contributed by atoms with E-state index < -0.39 is 0 Å². The summed E-state index contributed by atoms with van der Waals surface area (Å²) in [5.74, 6) is 4.39. The molecule has 0 spiro atoms. The molecule has 0 radical (unpaired) electrons. The maximum Gasteiger partial charge on any atom is 0.373 e. The SMILES string of the molecule is CC[C@@H]1CN2CC[C@@]34OCCC[C@@]3(Nc3cccc(OC)c34)[C@@H]2C[C@@H]1/C(C)=C\OC.CC[C@@H]1CN2CC[C@@]34OCC[C@@]3(Nc3cccc(OC)c34)[C@@H]2C[C@@H]1/C(C)=C\OC.O=C=O.O=C=O. The van der Waals surface area contributed by atoms with Crippen molar-refractivity contribution in [2.45, 2.75) is 120 Å². The minimum absolute atomic E-state index is 0.0769. The first-order chi connectivity index (χ1) is 31.5. The summed E-state index contributed by atoms with van der Waals surface area (Å²) in [6, 6.07) is 13.7. The summed E-state index contributed by atoms with van der Waals surface area (Å²) < 4.78 is 35.9. The highest BCUT2D eigenvalue weighted by Gasteiger charge is 2.71. The Kier molecular flexibility index (Phi) is 14.9. The third-order valence-corrected chi connectivity index (χ3v) is 16.7. The Morgan fingerprint density at radius 2 is 1.11 bits per heavy atom. The van der Waals surface area contributed by atoms with Crippen LogP contribution in [0.2, 0.25) is 0 Å². The van der Waals surface area contributed by atoms with Crippen molar-refractivity contribution in [1.29, 1.82) is 0 Å². The van der Waals surface area contributed by atoms with Crippen molar-refractivity contribution in [2.75, 3.05) is 78.5 Å². The average molecular weight is 899 g/mol. The summed E-state index contributed by atoms with van der Waals surface area (Å²) in [5, 5.41) is 8.05. The Labute approximate surface area is 384 Å². The molecule has 0 aromatic heterocycles. The average Bonchev–Trinajstić information content (AvgIpc) is 3.96. The summed E-state index contributed by atoms with van der Waals surface area (Å²) in [6.07, 6.45) is 14.5. The molecule has 6 fully saturated rings. The number of allylic oxidation sites excluding steroid dienone is 2. The van der Waals surface area contributed by atoms with Crippen molar-refractivity contribution in [3.05, 3.63) is 71.2 Å². The molecule has 0 saturated carbocycles. The van der Waals surface area contributed by atoms with Crippen molar-refractivity contribution < 1.29 is 47.6 Å². The molecule has 65 heavy (non-hydrogen) atoms. The second kappa shape index (κ2) is 20.0. The lowest BCUT2D eigenvalue weighted by molar-refractivity contribution is -0.193. The van der Waals surface area contributed by atoms with Crippen LogP contribution in [0.3, 0.4) is 0 Å². The minimum atomic E-state index is -0.295. The largest absolute Gasteiger partial charge is 0.504 e. The van der Waals surface area contributed by atoms with Gasteiger partial charge in [0.1, 0.15) is 22.7 Å². The van der Waals surface area contributed by atoms with Gasteiger partial charge < -0.3 is 39.1 Å². The molecule has 2 aromatic carbocycles. The molecule has 354 valence electrons. The van der Waals surface area contributed by atoms with Gasteiger partial charge in [0.2, 0.25) is 0 Å². The van der Waals surface area contributed by atoms with Crippen LogP contribution in [-0.4, -0.2) is 113 Å². The summed E-state index contributed by atoms with van der Waals surface area (Å²) in [4.78, 5) is 38.0. The van der Waals surface area contributed by atoms with Gasteiger partial charge in [-0.1, -0.05) is 38.8 Å². The van der Waals surface area contributed by atoms with E-state index in [2.05, 4.69) is 84.5 Å². The maximum atomic E-state index is 8.12. The van der Waals surface area contributed by atoms with E-state index in [0.29, 0.717) is 35.8 Å². The zero-order valence-electron chi connectivity index (χ0n) is 39.7. The molecule has 8 aliphatic heterocycles. The van der Waals surface area contributed by atoms with Crippen LogP contribution in [0.25, 0.3) is 0 Å². The number of benzene rings is 2. The van der Waals surface area contributed by atoms with Gasteiger partial charge in [-0.25, -0.2) is 0 Å². The van der Waals surface area contributed by atoms with Gasteiger partial charge in [0.25, 0.3) is 0 Å². The third-order valence-electron chi connectivity index (χ3n) is 16.7. The highest BCUT2D eigenvalue weighted by Crippen LogP contribution is 2.65. The van der Waals surface area contributed by atoms with Crippen molar-refractivity contribution in [3.63, 3.8) is 0 Å². The lowest BCUT2D eigenvalue weighted by Gasteiger charge is -2.62. The summed E-state index contributed by atoms with van der Waals surface area (Å²) in [5.41, 5.74) is 6.91. The lowest BCUT2D eigenvalue weighted by Crippen LogP contribution is -2.73. The molecule has 0 amide bonds. The van der Waals surface area contributed by atoms with Crippen LogP contribution in [0.1, 0.15) is 96.6 Å². The van der Waals surface area contributed by atoms with E-state index in [9.17, 15) is 0 Å². The second-order valence-corrected chi connectivity index (χ2v) is 19.1. The zero-order valence-corrected chi connectivity index (χ0v) is 39.7. The lowest BCUT2D eigenvalue weighted by atomic mass is 9.60. The zero-order chi connectivity index (χ0) is 46.6. The number of anilines is 2. The van der Waals surface area contributed by atoms with Gasteiger partial charge >= 0.3 is 12.3 Å². The predicted octanol–water partition coefficient (Wildman–Crippen LogP) is 7.51. The van der Waals surface area contributed by atoms with E-state index in [4.69, 9.17) is 47.6 Å². The molecule has 0 bridgehead atoms. The van der Waals surface area contributed by atoms with E-state index in [0.717, 1.165) is 95.8 Å². The highest BCUT2D eigenvalue weighted by atomic mass is 16.5. The molecule has 8 heterocycles. The van der Waals surface area contributed by atoms with Crippen LogP contribution >= 0.6 is 0 Å². The Morgan fingerprint density at radius 3 is 1.52 bits per heavy atom. The van der Waals surface area contributed by atoms with Gasteiger partial charge in [0, 0.05) is 56.2 Å². The van der Waals surface area contributed by atoms with Crippen LogP contribution in [-0.2, 0) is 49.3 Å². The van der Waals surface area contributed by atoms with Gasteiger partial charge in [-0.3, -0.25) is 9.80 Å². The number of rotatable bonds is 8. The Morgan fingerprint density at radius 1 is 0.677 bits per heavy atom. The van der Waals surface area contributed by atoms with Crippen molar-refractivity contribution in [3.8, 4) is 11.5 Å². The standard InChI is InChI=1S/C25H36N2O3.C24H34N2O3.2CO2/c1-5-18-15-27-12-11-25-23-20(8-6-9-21(23)29-4)26-24(25,10-7-13-30-25)22(27)14-19(18)17(2)16-28-3;1-5-17-14-26-11-9-24-22-19(7-6-8-20(22)28-4)25-23(24,10-12-29-24)21(26)13-18(17)16(2)15-27-3;2*2-1-3/h6,8-9,16,18-19,22,26H,5,7,10-15H2,1-4H3;6-8,15,17-18,21,25H,5,9-14H2,1-4H3;;/b17-16-;16-15-;;/t18-,19-,22+,24-,25+;17-,18-,21+,23-,24+;;/m11../s1. The number of fused-ring (bicyclic) bond motifs is 4. The number of ether oxygens (including phenoxy) is 6.